The highest BCUT2D eigenvalue weighted by Gasteiger charge is 2.36. The maximum Gasteiger partial charge on any atom is 0.331 e. The van der Waals surface area contributed by atoms with Crippen LogP contribution in [-0.4, -0.2) is 47.1 Å². The monoisotopic (exact) mass is 339 g/mol. The van der Waals surface area contributed by atoms with Crippen molar-refractivity contribution in [1.29, 1.82) is 0 Å². The molecule has 24 heavy (non-hydrogen) atoms. The van der Waals surface area contributed by atoms with Crippen molar-refractivity contribution in [3.05, 3.63) is 11.6 Å². The van der Waals surface area contributed by atoms with Gasteiger partial charge in [-0.25, -0.2) is 9.79 Å². The van der Waals surface area contributed by atoms with E-state index in [0.29, 0.717) is 0 Å². The quantitative estimate of drug-likeness (QED) is 0.313. The third-order valence-electron chi connectivity index (χ3n) is 4.13. The SMILES string of the molecule is CCCC(CC)N[C@@H]1C=C(C(=O)O)C[C@H](N=C(N)N)[C@H]1NC(C)=O. The van der Waals surface area contributed by atoms with Crippen molar-refractivity contribution in [2.45, 2.75) is 70.6 Å². The van der Waals surface area contributed by atoms with Crippen LogP contribution in [0, 0.1) is 0 Å². The number of nitrogens with two attached hydrogens (primary N) is 2. The zero-order chi connectivity index (χ0) is 18.3. The maximum atomic E-state index is 11.6. The molecule has 7 N–H and O–H groups in total. The Balaban J connectivity index is 3.17. The number of nitrogens with zero attached hydrogens (tertiary/aromatic N) is 1. The first-order valence-electron chi connectivity index (χ1n) is 8.34. The van der Waals surface area contributed by atoms with Crippen LogP contribution < -0.4 is 22.1 Å². The number of aliphatic carboxylic acids is 1. The minimum absolute atomic E-state index is 0.124. The van der Waals surface area contributed by atoms with E-state index in [1.165, 1.54) is 6.92 Å². The fourth-order valence-electron chi connectivity index (χ4n) is 3.05. The molecule has 0 spiro atoms. The lowest BCUT2D eigenvalue weighted by Crippen LogP contribution is -2.58. The molecular formula is C16H29N5O3. The van der Waals surface area contributed by atoms with Crippen LogP contribution in [0.4, 0.5) is 0 Å². The van der Waals surface area contributed by atoms with Crippen LogP contribution in [0.15, 0.2) is 16.6 Å². The number of amides is 1. The van der Waals surface area contributed by atoms with E-state index in [2.05, 4.69) is 29.5 Å². The second-order valence-corrected chi connectivity index (χ2v) is 6.14. The van der Waals surface area contributed by atoms with Crippen molar-refractivity contribution < 1.29 is 14.7 Å². The third-order valence-corrected chi connectivity index (χ3v) is 4.13. The van der Waals surface area contributed by atoms with Crippen LogP contribution in [0.2, 0.25) is 0 Å². The highest BCUT2D eigenvalue weighted by Crippen LogP contribution is 2.23. The number of aliphatic imine (C=N–C) groups is 1. The van der Waals surface area contributed by atoms with E-state index >= 15 is 0 Å². The normalized spacial score (nSPS) is 24.6. The molecule has 0 saturated heterocycles. The molecule has 1 amide bonds. The van der Waals surface area contributed by atoms with E-state index in [1.54, 1.807) is 6.08 Å². The molecule has 4 atom stereocenters. The summed E-state index contributed by atoms with van der Waals surface area (Å²) in [7, 11) is 0. The number of carboxylic acid groups (broad SMARTS) is 1. The Kier molecular flexibility index (Phi) is 7.70. The average molecular weight is 339 g/mol. The van der Waals surface area contributed by atoms with Gasteiger partial charge in [-0.3, -0.25) is 4.79 Å². The van der Waals surface area contributed by atoms with E-state index in [0.717, 1.165) is 19.3 Å². The number of nitrogens with one attached hydrogen (secondary N) is 2. The van der Waals surface area contributed by atoms with Crippen LogP contribution in [0.1, 0.15) is 46.5 Å². The lowest BCUT2D eigenvalue weighted by molar-refractivity contribution is -0.133. The summed E-state index contributed by atoms with van der Waals surface area (Å²) in [4.78, 5) is 27.2. The van der Waals surface area contributed by atoms with Crippen molar-refractivity contribution in [1.82, 2.24) is 10.6 Å². The van der Waals surface area contributed by atoms with Gasteiger partial charge in [0.05, 0.1) is 12.1 Å². The standard InChI is InChI=1S/C16H29N5O3/c1-4-6-11(5-2)20-12-7-10(15(23)24)8-13(21-16(17)18)14(12)19-9(3)22/h7,11-14,20H,4-6,8H2,1-3H3,(H,19,22)(H,23,24)(H4,17,18,21)/t11?,12-,13+,14+/m1/s1. The average Bonchev–Trinajstić information content (AvgIpc) is 2.48. The van der Waals surface area contributed by atoms with E-state index in [9.17, 15) is 14.7 Å². The highest BCUT2D eigenvalue weighted by molar-refractivity contribution is 5.87. The Morgan fingerprint density at radius 1 is 1.42 bits per heavy atom. The number of rotatable bonds is 8. The minimum atomic E-state index is -0.998. The lowest BCUT2D eigenvalue weighted by Gasteiger charge is -2.37. The number of carbonyl (C=O) groups excluding carboxylic acids is 1. The van der Waals surface area contributed by atoms with Crippen LogP contribution >= 0.6 is 0 Å². The first-order valence-corrected chi connectivity index (χ1v) is 8.34. The van der Waals surface area contributed by atoms with Crippen molar-refractivity contribution in [2.75, 3.05) is 0 Å². The zero-order valence-electron chi connectivity index (χ0n) is 14.6. The summed E-state index contributed by atoms with van der Waals surface area (Å²) >= 11 is 0. The van der Waals surface area contributed by atoms with Crippen molar-refractivity contribution in [3.8, 4) is 0 Å². The van der Waals surface area contributed by atoms with Gasteiger partial charge in [0.15, 0.2) is 5.96 Å². The summed E-state index contributed by atoms with van der Waals surface area (Å²) in [6.45, 7) is 5.58. The largest absolute Gasteiger partial charge is 0.478 e. The summed E-state index contributed by atoms with van der Waals surface area (Å²) in [6, 6.07) is -1.05. The smallest absolute Gasteiger partial charge is 0.331 e. The van der Waals surface area contributed by atoms with Crippen LogP contribution in [0.3, 0.4) is 0 Å². The lowest BCUT2D eigenvalue weighted by atomic mass is 9.86. The third kappa shape index (κ3) is 5.84. The maximum absolute atomic E-state index is 11.6. The number of guanidine groups is 1. The number of carboxylic acids is 1. The Bertz CT molecular complexity index is 514. The zero-order valence-corrected chi connectivity index (χ0v) is 14.6. The van der Waals surface area contributed by atoms with Crippen LogP contribution in [0.25, 0.3) is 0 Å². The van der Waals surface area contributed by atoms with Crippen LogP contribution in [0.5, 0.6) is 0 Å². The Morgan fingerprint density at radius 2 is 2.08 bits per heavy atom. The summed E-state index contributed by atoms with van der Waals surface area (Å²) in [5.41, 5.74) is 11.2. The molecule has 8 nitrogen and oxygen atoms in total. The summed E-state index contributed by atoms with van der Waals surface area (Å²) in [6.07, 6.45) is 4.71. The Hall–Kier alpha value is -2.09. The molecule has 0 aromatic heterocycles. The molecule has 1 rings (SSSR count). The van der Waals surface area contributed by atoms with Gasteiger partial charge in [-0.05, 0) is 12.8 Å². The molecule has 0 heterocycles. The summed E-state index contributed by atoms with van der Waals surface area (Å²) in [5.74, 6) is -1.33. The predicted molar refractivity (Wildman–Crippen MR) is 93.4 cm³/mol. The van der Waals surface area contributed by atoms with Gasteiger partial charge in [-0.15, -0.1) is 0 Å². The molecule has 1 aliphatic carbocycles. The molecule has 1 unspecified atom stereocenters. The second kappa shape index (κ2) is 9.27. The number of carbonyl (C=O) groups is 2. The molecular weight excluding hydrogens is 310 g/mol. The molecule has 0 aromatic rings. The number of hydrogen-bond acceptors (Lipinski definition) is 4. The van der Waals surface area contributed by atoms with E-state index in [4.69, 9.17) is 11.5 Å². The van der Waals surface area contributed by atoms with Gasteiger partial charge >= 0.3 is 5.97 Å². The summed E-state index contributed by atoms with van der Waals surface area (Å²) < 4.78 is 0. The molecule has 0 radical (unpaired) electrons. The first-order chi connectivity index (χ1) is 11.3. The molecule has 0 fully saturated rings. The van der Waals surface area contributed by atoms with Gasteiger partial charge in [0.1, 0.15) is 0 Å². The van der Waals surface area contributed by atoms with Gasteiger partial charge in [0, 0.05) is 31.0 Å². The van der Waals surface area contributed by atoms with Gasteiger partial charge < -0.3 is 27.2 Å². The molecule has 8 heteroatoms. The van der Waals surface area contributed by atoms with Crippen LogP contribution in [-0.2, 0) is 9.59 Å². The van der Waals surface area contributed by atoms with Crippen molar-refractivity contribution >= 4 is 17.8 Å². The molecule has 1 aliphatic rings. The van der Waals surface area contributed by atoms with Crippen molar-refractivity contribution in [2.24, 2.45) is 16.5 Å². The highest BCUT2D eigenvalue weighted by atomic mass is 16.4. The van der Waals surface area contributed by atoms with Gasteiger partial charge in [0.25, 0.3) is 0 Å². The molecule has 0 saturated carbocycles. The predicted octanol–water partition coefficient (Wildman–Crippen LogP) is 0.0847. The fourth-order valence-corrected chi connectivity index (χ4v) is 3.05. The fraction of sp³-hybridized carbons (Fsp3) is 0.688. The topological polar surface area (TPSA) is 143 Å². The Morgan fingerprint density at radius 3 is 2.54 bits per heavy atom. The summed E-state index contributed by atoms with van der Waals surface area (Å²) in [5, 5.41) is 15.7. The Labute approximate surface area is 142 Å². The molecule has 0 aliphatic heterocycles. The van der Waals surface area contributed by atoms with Crippen molar-refractivity contribution in [3.63, 3.8) is 0 Å². The first kappa shape index (κ1) is 20.0. The van der Waals surface area contributed by atoms with Gasteiger partial charge in [-0.2, -0.15) is 0 Å². The van der Waals surface area contributed by atoms with Gasteiger partial charge in [-0.1, -0.05) is 26.3 Å². The van der Waals surface area contributed by atoms with E-state index in [-0.39, 0.29) is 35.9 Å². The van der Waals surface area contributed by atoms with Gasteiger partial charge in [0.2, 0.25) is 5.91 Å². The molecule has 0 aromatic carbocycles. The molecule has 0 bridgehead atoms. The van der Waals surface area contributed by atoms with E-state index in [1.807, 2.05) is 0 Å². The molecule has 136 valence electrons. The second-order valence-electron chi connectivity index (χ2n) is 6.14. The van der Waals surface area contributed by atoms with E-state index < -0.39 is 18.1 Å². The minimum Gasteiger partial charge on any atom is -0.478 e. The number of hydrogen-bond donors (Lipinski definition) is 5.